The molecule has 9 aromatic carbocycles. The molecule has 0 saturated heterocycles. The van der Waals surface area contributed by atoms with Crippen LogP contribution in [0.4, 0.5) is 0 Å². The Bertz CT molecular complexity index is 4440. The molecule has 0 bridgehead atoms. The maximum absolute atomic E-state index is 5.51. The fourth-order valence-electron chi connectivity index (χ4n) is 13.9. The van der Waals surface area contributed by atoms with Crippen molar-refractivity contribution < 1.29 is 0 Å². The minimum absolute atomic E-state index is 0.446. The van der Waals surface area contributed by atoms with Gasteiger partial charge in [-0.1, -0.05) is 163 Å². The van der Waals surface area contributed by atoms with E-state index >= 15 is 0 Å². The third-order valence-electron chi connectivity index (χ3n) is 16.5. The van der Waals surface area contributed by atoms with Gasteiger partial charge in [0.15, 0.2) is 0 Å². The van der Waals surface area contributed by atoms with Crippen LogP contribution in [0.25, 0.3) is 88.6 Å². The van der Waals surface area contributed by atoms with Crippen LogP contribution in [0.3, 0.4) is 0 Å². The summed E-state index contributed by atoms with van der Waals surface area (Å²) in [4.78, 5) is 13.2. The summed E-state index contributed by atoms with van der Waals surface area (Å²) in [5, 5.41) is 4.91. The Morgan fingerprint density at radius 1 is 0.310 bits per heavy atom. The molecule has 0 N–H and O–H groups in total. The Hall–Kier alpha value is -8.77. The molecular weight excluding hydrogens is 881 g/mol. The average Bonchev–Trinajstić information content (AvgIpc) is 4.21. The monoisotopic (exact) mass is 918 g/mol. The first kappa shape index (κ1) is 38.1. The maximum atomic E-state index is 5.51. The van der Waals surface area contributed by atoms with Gasteiger partial charge in [-0.05, 0) is 128 Å². The van der Waals surface area contributed by atoms with E-state index < -0.39 is 10.8 Å². The van der Waals surface area contributed by atoms with Crippen molar-refractivity contribution in [2.75, 3.05) is 0 Å². The molecular formula is C66H38N4S. The van der Waals surface area contributed by atoms with E-state index in [2.05, 4.69) is 234 Å². The van der Waals surface area contributed by atoms with Gasteiger partial charge < -0.3 is 9.13 Å². The molecule has 4 nitrogen and oxygen atoms in total. The first-order valence-electron chi connectivity index (χ1n) is 24.5. The Labute approximate surface area is 413 Å². The van der Waals surface area contributed by atoms with Crippen LogP contribution in [0.1, 0.15) is 44.5 Å². The van der Waals surface area contributed by atoms with Gasteiger partial charge in [-0.25, -0.2) is 0 Å². The van der Waals surface area contributed by atoms with Crippen LogP contribution in [-0.2, 0) is 10.8 Å². The molecule has 4 aromatic heterocycles. The topological polar surface area (TPSA) is 35.6 Å². The van der Waals surface area contributed by atoms with E-state index in [1.807, 2.05) is 18.0 Å². The van der Waals surface area contributed by atoms with Crippen molar-refractivity contribution in [3.63, 3.8) is 0 Å². The van der Waals surface area contributed by atoms with Gasteiger partial charge in [-0.3, -0.25) is 9.97 Å². The van der Waals surface area contributed by atoms with Crippen LogP contribution < -0.4 is 0 Å². The summed E-state index contributed by atoms with van der Waals surface area (Å²) < 4.78 is 4.85. The molecule has 17 rings (SSSR count). The summed E-state index contributed by atoms with van der Waals surface area (Å²) in [6.45, 7) is 0. The third kappa shape index (κ3) is 4.55. The second-order valence-corrected chi connectivity index (χ2v) is 20.6. The van der Waals surface area contributed by atoms with E-state index in [0.717, 1.165) is 39.4 Å². The molecule has 0 amide bonds. The highest BCUT2D eigenvalue weighted by Crippen LogP contribution is 2.67. The van der Waals surface area contributed by atoms with Crippen molar-refractivity contribution in [3.05, 3.63) is 275 Å². The Balaban J connectivity index is 0.934. The number of pyridine rings is 2. The quantitative estimate of drug-likeness (QED) is 0.173. The number of hydrogen-bond donors (Lipinski definition) is 0. The molecule has 13 aromatic rings. The molecule has 71 heavy (non-hydrogen) atoms. The number of nitrogens with zero attached hydrogens (tertiary/aromatic N) is 4. The summed E-state index contributed by atoms with van der Waals surface area (Å²) >= 11 is 1.90. The fourth-order valence-corrected chi connectivity index (χ4v) is 15.1. The molecule has 1 atom stereocenters. The average molecular weight is 919 g/mol. The smallest absolute Gasteiger partial charge is 0.0939 e. The minimum atomic E-state index is -0.702. The second kappa shape index (κ2) is 13.5. The minimum Gasteiger partial charge on any atom is -0.309 e. The van der Waals surface area contributed by atoms with Crippen LogP contribution in [0.15, 0.2) is 241 Å². The van der Waals surface area contributed by atoms with E-state index in [1.165, 1.54) is 104 Å². The number of fused-ring (bicyclic) bond motifs is 25. The van der Waals surface area contributed by atoms with Crippen molar-refractivity contribution in [1.29, 1.82) is 0 Å². The largest absolute Gasteiger partial charge is 0.309 e. The lowest BCUT2D eigenvalue weighted by Crippen LogP contribution is -2.33. The summed E-state index contributed by atoms with van der Waals surface area (Å²) in [7, 11) is 0. The van der Waals surface area contributed by atoms with Gasteiger partial charge in [0.05, 0.1) is 56.2 Å². The normalized spacial score (nSPS) is 16.0. The molecule has 1 aliphatic heterocycles. The van der Waals surface area contributed by atoms with E-state index in [0.29, 0.717) is 0 Å². The lowest BCUT2D eigenvalue weighted by molar-refractivity contribution is 0.714. The lowest BCUT2D eigenvalue weighted by Gasteiger charge is -2.40. The summed E-state index contributed by atoms with van der Waals surface area (Å²) in [6, 6.07) is 81.7. The summed E-state index contributed by atoms with van der Waals surface area (Å²) in [6.07, 6.45) is 4.01. The third-order valence-corrected chi connectivity index (χ3v) is 17.6. The van der Waals surface area contributed by atoms with Gasteiger partial charge in [0, 0.05) is 48.8 Å². The van der Waals surface area contributed by atoms with Crippen LogP contribution in [-0.4, -0.2) is 19.1 Å². The fraction of sp³-hybridized carbons (Fsp3) is 0.0303. The van der Waals surface area contributed by atoms with Gasteiger partial charge in [0.1, 0.15) is 0 Å². The van der Waals surface area contributed by atoms with Crippen molar-refractivity contribution in [3.8, 4) is 45.0 Å². The first-order valence-corrected chi connectivity index (χ1v) is 25.3. The number of benzene rings is 9. The van der Waals surface area contributed by atoms with Crippen LogP contribution in [0.5, 0.6) is 0 Å². The molecule has 4 aliphatic rings. The van der Waals surface area contributed by atoms with Crippen LogP contribution >= 0.6 is 11.8 Å². The molecule has 0 fully saturated rings. The van der Waals surface area contributed by atoms with Gasteiger partial charge in [-0.15, -0.1) is 0 Å². The predicted octanol–water partition coefficient (Wildman–Crippen LogP) is 15.8. The molecule has 1 unspecified atom stereocenters. The van der Waals surface area contributed by atoms with Gasteiger partial charge in [0.25, 0.3) is 0 Å². The first-order chi connectivity index (χ1) is 35.2. The number of rotatable bonds is 2. The zero-order valence-corrected chi connectivity index (χ0v) is 39.0. The number of hydrogen-bond acceptors (Lipinski definition) is 3. The van der Waals surface area contributed by atoms with E-state index in [-0.39, 0.29) is 0 Å². The Kier molecular flexibility index (Phi) is 7.25. The molecule has 5 heteroatoms. The molecule has 0 radical (unpaired) electrons. The maximum Gasteiger partial charge on any atom is 0.0939 e. The van der Waals surface area contributed by atoms with Gasteiger partial charge in [-0.2, -0.15) is 0 Å². The van der Waals surface area contributed by atoms with Gasteiger partial charge >= 0.3 is 0 Å². The number of para-hydroxylation sites is 3. The zero-order valence-electron chi connectivity index (χ0n) is 38.1. The van der Waals surface area contributed by atoms with Crippen molar-refractivity contribution in [2.24, 2.45) is 0 Å². The Morgan fingerprint density at radius 2 is 0.817 bits per heavy atom. The SMILES string of the molecule is c1ccc2c(c1)Sc1cc3c(cc1C21c2cccnc2-c2ncc(-n4c5ccccc5c5cc(-n6c7ccccc7c7ccccc76)ccc54)cc21)-c1ccccc1C31c2ccccc2-c2ccccc21. The highest BCUT2D eigenvalue weighted by molar-refractivity contribution is 7.99. The molecule has 328 valence electrons. The van der Waals surface area contributed by atoms with E-state index in [1.54, 1.807) is 0 Å². The highest BCUT2D eigenvalue weighted by Gasteiger charge is 2.56. The predicted molar refractivity (Wildman–Crippen MR) is 288 cm³/mol. The Morgan fingerprint density at radius 3 is 1.49 bits per heavy atom. The molecule has 0 saturated carbocycles. The van der Waals surface area contributed by atoms with Gasteiger partial charge in [0.2, 0.25) is 0 Å². The lowest BCUT2D eigenvalue weighted by atomic mass is 9.66. The van der Waals surface area contributed by atoms with Crippen molar-refractivity contribution in [2.45, 2.75) is 20.6 Å². The van der Waals surface area contributed by atoms with E-state index in [4.69, 9.17) is 9.97 Å². The summed E-state index contributed by atoms with van der Waals surface area (Å²) in [5.74, 6) is 0. The molecule has 5 heterocycles. The van der Waals surface area contributed by atoms with Crippen molar-refractivity contribution >= 4 is 55.4 Å². The van der Waals surface area contributed by atoms with Crippen molar-refractivity contribution in [1.82, 2.24) is 19.1 Å². The second-order valence-electron chi connectivity index (χ2n) is 19.5. The van der Waals surface area contributed by atoms with Crippen LogP contribution in [0, 0.1) is 0 Å². The summed E-state index contributed by atoms with van der Waals surface area (Å²) in [5.41, 5.74) is 23.0. The molecule has 3 aliphatic carbocycles. The van der Waals surface area contributed by atoms with E-state index in [9.17, 15) is 0 Å². The molecule has 2 spiro atoms. The highest BCUT2D eigenvalue weighted by atomic mass is 32.2. The van der Waals surface area contributed by atoms with Crippen LogP contribution in [0.2, 0.25) is 0 Å². The zero-order chi connectivity index (χ0) is 46.2. The number of aromatic nitrogens is 4. The standard InChI is InChI=1S/C66H38N4S/c1-7-22-49-41(16-1)42-17-2-8-23-50(42)65(49)51-24-9-3-18-43(51)47-36-55-62(37-54(47)65)71-61-30-14-10-25-52(61)66(55)53-26-15-33-67-63(53)64-56(66)35-40(38-68-64)70-59-29-13-6-21-46(59)48-34-39(31-32-60(48)70)69-57-27-11-4-19-44(57)45-20-5-12-28-58(45)69/h1-38H.